The van der Waals surface area contributed by atoms with E-state index in [1.165, 1.54) is 4.90 Å². The molecule has 0 spiro atoms. The predicted octanol–water partition coefficient (Wildman–Crippen LogP) is 1.21. The molecule has 1 amide bonds. The minimum absolute atomic E-state index is 0.107. The number of ether oxygens (including phenoxy) is 2. The Morgan fingerprint density at radius 2 is 2.19 bits per heavy atom. The van der Waals surface area contributed by atoms with Crippen molar-refractivity contribution in [1.82, 2.24) is 0 Å². The van der Waals surface area contributed by atoms with Crippen molar-refractivity contribution in [2.45, 2.75) is 32.9 Å². The standard InChI is InChI=1S/C15H20N2O4/c1-4-20-14(19)15(2,3)17-11-6-5-10(8-16)7-12(11)21-9-13(17)18/h5-7H,4,8-9,16H2,1-3H3. The van der Waals surface area contributed by atoms with Crippen molar-refractivity contribution >= 4 is 17.6 Å². The van der Waals surface area contributed by atoms with Crippen LogP contribution in [0.15, 0.2) is 18.2 Å². The number of fused-ring (bicyclic) bond motifs is 1. The van der Waals surface area contributed by atoms with Crippen molar-refractivity contribution in [2.24, 2.45) is 5.73 Å². The first-order valence-electron chi connectivity index (χ1n) is 6.88. The second-order valence-corrected chi connectivity index (χ2v) is 5.30. The lowest BCUT2D eigenvalue weighted by molar-refractivity contribution is -0.150. The van der Waals surface area contributed by atoms with Gasteiger partial charge in [0.15, 0.2) is 6.61 Å². The van der Waals surface area contributed by atoms with Crippen LogP contribution in [0.25, 0.3) is 0 Å². The zero-order chi connectivity index (χ0) is 15.6. The van der Waals surface area contributed by atoms with E-state index in [1.54, 1.807) is 32.9 Å². The molecule has 2 N–H and O–H groups in total. The molecule has 1 heterocycles. The van der Waals surface area contributed by atoms with Gasteiger partial charge in [-0.1, -0.05) is 6.07 Å². The Hall–Kier alpha value is -2.08. The molecule has 0 aromatic heterocycles. The van der Waals surface area contributed by atoms with Crippen molar-refractivity contribution in [1.29, 1.82) is 0 Å². The summed E-state index contributed by atoms with van der Waals surface area (Å²) in [4.78, 5) is 25.8. The fourth-order valence-corrected chi connectivity index (χ4v) is 2.34. The maximum absolute atomic E-state index is 12.2. The van der Waals surface area contributed by atoms with Crippen LogP contribution >= 0.6 is 0 Å². The summed E-state index contributed by atoms with van der Waals surface area (Å²) in [5.74, 6) is -0.176. The molecule has 1 aromatic carbocycles. The molecule has 21 heavy (non-hydrogen) atoms. The van der Waals surface area contributed by atoms with E-state index in [1.807, 2.05) is 6.07 Å². The smallest absolute Gasteiger partial charge is 0.331 e. The molecule has 0 atom stereocenters. The van der Waals surface area contributed by atoms with Crippen LogP contribution in [0.3, 0.4) is 0 Å². The Morgan fingerprint density at radius 3 is 2.81 bits per heavy atom. The van der Waals surface area contributed by atoms with E-state index in [0.29, 0.717) is 18.0 Å². The van der Waals surface area contributed by atoms with Crippen LogP contribution in [0.4, 0.5) is 5.69 Å². The number of rotatable bonds is 4. The lowest BCUT2D eigenvalue weighted by Crippen LogP contribution is -2.57. The molecule has 0 fully saturated rings. The summed E-state index contributed by atoms with van der Waals surface area (Å²) in [6, 6.07) is 5.35. The van der Waals surface area contributed by atoms with Gasteiger partial charge in [-0.3, -0.25) is 9.69 Å². The highest BCUT2D eigenvalue weighted by Gasteiger charge is 2.43. The number of anilines is 1. The summed E-state index contributed by atoms with van der Waals surface area (Å²) in [5.41, 5.74) is 5.96. The summed E-state index contributed by atoms with van der Waals surface area (Å²) < 4.78 is 10.5. The van der Waals surface area contributed by atoms with Crippen LogP contribution in [0.5, 0.6) is 5.75 Å². The van der Waals surface area contributed by atoms with Gasteiger partial charge in [-0.2, -0.15) is 0 Å². The largest absolute Gasteiger partial charge is 0.482 e. The van der Waals surface area contributed by atoms with E-state index in [0.717, 1.165) is 5.56 Å². The lowest BCUT2D eigenvalue weighted by Gasteiger charge is -2.39. The molecule has 6 nitrogen and oxygen atoms in total. The van der Waals surface area contributed by atoms with Gasteiger partial charge in [0.1, 0.15) is 11.3 Å². The summed E-state index contributed by atoms with van der Waals surface area (Å²) in [7, 11) is 0. The molecular formula is C15H20N2O4. The number of carbonyl (C=O) groups excluding carboxylic acids is 2. The highest BCUT2D eigenvalue weighted by Crippen LogP contribution is 2.37. The van der Waals surface area contributed by atoms with E-state index in [-0.39, 0.29) is 19.1 Å². The van der Waals surface area contributed by atoms with Crippen molar-refractivity contribution in [3.63, 3.8) is 0 Å². The molecule has 0 radical (unpaired) electrons. The lowest BCUT2D eigenvalue weighted by atomic mass is 10.00. The van der Waals surface area contributed by atoms with Gasteiger partial charge in [0, 0.05) is 6.54 Å². The number of benzene rings is 1. The Bertz CT molecular complexity index is 569. The number of nitrogens with two attached hydrogens (primary N) is 1. The fraction of sp³-hybridized carbons (Fsp3) is 0.467. The summed E-state index contributed by atoms with van der Waals surface area (Å²) >= 11 is 0. The molecule has 0 saturated carbocycles. The minimum atomic E-state index is -1.10. The van der Waals surface area contributed by atoms with Crippen molar-refractivity contribution in [3.8, 4) is 5.75 Å². The molecule has 1 aromatic rings. The van der Waals surface area contributed by atoms with Gasteiger partial charge in [0.25, 0.3) is 5.91 Å². The van der Waals surface area contributed by atoms with Crippen LogP contribution in [0.2, 0.25) is 0 Å². The van der Waals surface area contributed by atoms with Crippen molar-refractivity contribution in [3.05, 3.63) is 23.8 Å². The van der Waals surface area contributed by atoms with Gasteiger partial charge < -0.3 is 15.2 Å². The summed E-state index contributed by atoms with van der Waals surface area (Å²) in [5, 5.41) is 0. The third-order valence-electron chi connectivity index (χ3n) is 3.44. The van der Waals surface area contributed by atoms with Gasteiger partial charge in [-0.05, 0) is 38.5 Å². The average molecular weight is 292 g/mol. The number of esters is 1. The average Bonchev–Trinajstić information content (AvgIpc) is 2.46. The van der Waals surface area contributed by atoms with Gasteiger partial charge in [0.2, 0.25) is 0 Å². The van der Waals surface area contributed by atoms with Crippen LogP contribution in [-0.2, 0) is 20.9 Å². The van der Waals surface area contributed by atoms with E-state index < -0.39 is 11.5 Å². The maximum Gasteiger partial charge on any atom is 0.331 e. The van der Waals surface area contributed by atoms with Crippen molar-refractivity contribution < 1.29 is 19.1 Å². The van der Waals surface area contributed by atoms with Crippen LogP contribution < -0.4 is 15.4 Å². The van der Waals surface area contributed by atoms with Gasteiger partial charge >= 0.3 is 5.97 Å². The normalized spacial score (nSPS) is 14.5. The fourth-order valence-electron chi connectivity index (χ4n) is 2.34. The number of hydrogen-bond donors (Lipinski definition) is 1. The number of amides is 1. The SMILES string of the molecule is CCOC(=O)C(C)(C)N1C(=O)COc2cc(CN)ccc21. The molecule has 114 valence electrons. The zero-order valence-corrected chi connectivity index (χ0v) is 12.5. The third-order valence-corrected chi connectivity index (χ3v) is 3.44. The van der Waals surface area contributed by atoms with E-state index in [2.05, 4.69) is 0 Å². The Balaban J connectivity index is 2.45. The monoisotopic (exact) mass is 292 g/mol. The van der Waals surface area contributed by atoms with E-state index in [4.69, 9.17) is 15.2 Å². The first-order chi connectivity index (χ1) is 9.91. The maximum atomic E-state index is 12.2. The number of hydrogen-bond acceptors (Lipinski definition) is 5. The van der Waals surface area contributed by atoms with Crippen molar-refractivity contribution in [2.75, 3.05) is 18.1 Å². The van der Waals surface area contributed by atoms with Gasteiger partial charge in [0.05, 0.1) is 12.3 Å². The molecule has 6 heteroatoms. The van der Waals surface area contributed by atoms with Gasteiger partial charge in [-0.25, -0.2) is 4.79 Å². The molecule has 2 rings (SSSR count). The first-order valence-corrected chi connectivity index (χ1v) is 6.88. The molecule has 0 unspecified atom stereocenters. The Kier molecular flexibility index (Phi) is 4.18. The second-order valence-electron chi connectivity index (χ2n) is 5.30. The number of carbonyl (C=O) groups is 2. The second kappa shape index (κ2) is 5.73. The van der Waals surface area contributed by atoms with Crippen LogP contribution in [0, 0.1) is 0 Å². The predicted molar refractivity (Wildman–Crippen MR) is 78.0 cm³/mol. The third kappa shape index (κ3) is 2.71. The number of nitrogens with zero attached hydrogens (tertiary/aromatic N) is 1. The van der Waals surface area contributed by atoms with Crippen LogP contribution in [0.1, 0.15) is 26.3 Å². The van der Waals surface area contributed by atoms with Gasteiger partial charge in [-0.15, -0.1) is 0 Å². The zero-order valence-electron chi connectivity index (χ0n) is 12.5. The molecule has 1 aliphatic rings. The Morgan fingerprint density at radius 1 is 1.48 bits per heavy atom. The molecule has 0 saturated heterocycles. The van der Waals surface area contributed by atoms with E-state index >= 15 is 0 Å². The topological polar surface area (TPSA) is 81.9 Å². The minimum Gasteiger partial charge on any atom is -0.482 e. The molecule has 0 aliphatic carbocycles. The van der Waals surface area contributed by atoms with Crippen LogP contribution in [-0.4, -0.2) is 30.6 Å². The van der Waals surface area contributed by atoms with E-state index in [9.17, 15) is 9.59 Å². The summed E-state index contributed by atoms with van der Waals surface area (Å²) in [6.45, 7) is 5.59. The summed E-state index contributed by atoms with van der Waals surface area (Å²) in [6.07, 6.45) is 0. The molecule has 1 aliphatic heterocycles. The first kappa shape index (κ1) is 15.3. The quantitative estimate of drug-likeness (QED) is 0.844. The highest BCUT2D eigenvalue weighted by molar-refractivity contribution is 6.04. The Labute approximate surface area is 123 Å². The highest BCUT2D eigenvalue weighted by atomic mass is 16.5. The molecule has 0 bridgehead atoms. The molecular weight excluding hydrogens is 272 g/mol.